The predicted octanol–water partition coefficient (Wildman–Crippen LogP) is 1.54. The van der Waals surface area contributed by atoms with E-state index in [0.717, 1.165) is 5.56 Å². The minimum Gasteiger partial charge on any atom is -0.383 e. The van der Waals surface area contributed by atoms with Crippen molar-refractivity contribution in [2.75, 3.05) is 5.73 Å². The minimum absolute atomic E-state index is 0.0920. The van der Waals surface area contributed by atoms with Crippen molar-refractivity contribution in [2.24, 2.45) is 7.05 Å². The van der Waals surface area contributed by atoms with Crippen LogP contribution in [0.1, 0.15) is 21.5 Å². The van der Waals surface area contributed by atoms with Crippen LogP contribution in [0.25, 0.3) is 0 Å². The number of aryl methyl sites for hydroxylation is 2. The second-order valence-electron chi connectivity index (χ2n) is 3.76. The molecular weight excluding hydrogens is 202 g/mol. The van der Waals surface area contributed by atoms with E-state index in [1.165, 1.54) is 10.9 Å². The van der Waals surface area contributed by atoms with Gasteiger partial charge in [-0.2, -0.15) is 5.10 Å². The molecule has 0 bridgehead atoms. The lowest BCUT2D eigenvalue weighted by Crippen LogP contribution is -2.05. The van der Waals surface area contributed by atoms with E-state index in [1.807, 2.05) is 19.1 Å². The Morgan fingerprint density at radius 2 is 1.94 bits per heavy atom. The Labute approximate surface area is 93.7 Å². The molecule has 1 aromatic carbocycles. The highest BCUT2D eigenvalue weighted by Crippen LogP contribution is 2.15. The number of carbonyl (C=O) groups is 1. The van der Waals surface area contributed by atoms with Gasteiger partial charge in [-0.3, -0.25) is 9.48 Å². The highest BCUT2D eigenvalue weighted by Gasteiger charge is 2.15. The fourth-order valence-corrected chi connectivity index (χ4v) is 1.48. The van der Waals surface area contributed by atoms with Gasteiger partial charge < -0.3 is 5.73 Å². The predicted molar refractivity (Wildman–Crippen MR) is 62.2 cm³/mol. The number of hydrogen-bond donors (Lipinski definition) is 1. The lowest BCUT2D eigenvalue weighted by atomic mass is 10.0. The molecule has 0 aliphatic heterocycles. The Morgan fingerprint density at radius 1 is 1.31 bits per heavy atom. The molecular formula is C12H13N3O. The number of carbonyl (C=O) groups excluding carboxylic acids is 1. The SMILES string of the molecule is Cc1ccc(C(=O)c2cnn(C)c2N)cc1. The molecule has 1 aromatic heterocycles. The summed E-state index contributed by atoms with van der Waals surface area (Å²) in [6.45, 7) is 1.98. The van der Waals surface area contributed by atoms with Crippen LogP contribution in [0.2, 0.25) is 0 Å². The number of nitrogens with zero attached hydrogens (tertiary/aromatic N) is 2. The maximum Gasteiger partial charge on any atom is 0.198 e. The molecule has 2 aromatic rings. The Hall–Kier alpha value is -2.10. The van der Waals surface area contributed by atoms with Crippen LogP contribution in [-0.2, 0) is 7.05 Å². The average Bonchev–Trinajstić information content (AvgIpc) is 2.60. The molecule has 4 heteroatoms. The van der Waals surface area contributed by atoms with Crippen LogP contribution >= 0.6 is 0 Å². The Morgan fingerprint density at radius 3 is 2.44 bits per heavy atom. The quantitative estimate of drug-likeness (QED) is 0.773. The highest BCUT2D eigenvalue weighted by molar-refractivity contribution is 6.11. The van der Waals surface area contributed by atoms with Crippen LogP contribution in [0.4, 0.5) is 5.82 Å². The number of ketones is 1. The molecule has 0 radical (unpaired) electrons. The first-order valence-corrected chi connectivity index (χ1v) is 4.98. The van der Waals surface area contributed by atoms with Crippen molar-refractivity contribution < 1.29 is 4.79 Å². The Balaban J connectivity index is 2.39. The Kier molecular flexibility index (Phi) is 2.48. The van der Waals surface area contributed by atoms with Crippen molar-refractivity contribution in [2.45, 2.75) is 6.92 Å². The second-order valence-corrected chi connectivity index (χ2v) is 3.76. The summed E-state index contributed by atoms with van der Waals surface area (Å²) in [5, 5.41) is 3.95. The van der Waals surface area contributed by atoms with Crippen LogP contribution in [0.5, 0.6) is 0 Å². The molecule has 2 N–H and O–H groups in total. The van der Waals surface area contributed by atoms with E-state index < -0.39 is 0 Å². The molecule has 4 nitrogen and oxygen atoms in total. The van der Waals surface area contributed by atoms with Crippen LogP contribution in [0, 0.1) is 6.92 Å². The number of benzene rings is 1. The molecule has 0 amide bonds. The number of nitrogen functional groups attached to an aromatic ring is 1. The summed E-state index contributed by atoms with van der Waals surface area (Å²) in [5.41, 5.74) is 7.95. The molecule has 0 aliphatic carbocycles. The van der Waals surface area contributed by atoms with E-state index in [4.69, 9.17) is 5.73 Å². The number of rotatable bonds is 2. The van der Waals surface area contributed by atoms with Crippen LogP contribution in [0.3, 0.4) is 0 Å². The molecule has 2 rings (SSSR count). The molecule has 0 saturated heterocycles. The summed E-state index contributed by atoms with van der Waals surface area (Å²) in [5.74, 6) is 0.302. The van der Waals surface area contributed by atoms with Gasteiger partial charge in [0.1, 0.15) is 5.82 Å². The molecule has 1 heterocycles. The van der Waals surface area contributed by atoms with Crippen LogP contribution < -0.4 is 5.73 Å². The second kappa shape index (κ2) is 3.81. The van der Waals surface area contributed by atoms with Gasteiger partial charge in [0.15, 0.2) is 5.78 Å². The van der Waals surface area contributed by atoms with Crippen molar-refractivity contribution in [3.8, 4) is 0 Å². The van der Waals surface area contributed by atoms with E-state index in [0.29, 0.717) is 16.9 Å². The monoisotopic (exact) mass is 215 g/mol. The van der Waals surface area contributed by atoms with E-state index in [1.54, 1.807) is 19.2 Å². The van der Waals surface area contributed by atoms with Gasteiger partial charge in [-0.05, 0) is 6.92 Å². The van der Waals surface area contributed by atoms with Crippen molar-refractivity contribution in [3.63, 3.8) is 0 Å². The minimum atomic E-state index is -0.0920. The van der Waals surface area contributed by atoms with E-state index in [9.17, 15) is 4.79 Å². The first-order chi connectivity index (χ1) is 7.59. The lowest BCUT2D eigenvalue weighted by Gasteiger charge is -2.01. The Bertz CT molecular complexity index is 526. The summed E-state index contributed by atoms with van der Waals surface area (Å²) in [6, 6.07) is 7.40. The molecule has 82 valence electrons. The maximum atomic E-state index is 12.1. The topological polar surface area (TPSA) is 60.9 Å². The number of hydrogen-bond acceptors (Lipinski definition) is 3. The molecule has 0 atom stereocenters. The highest BCUT2D eigenvalue weighted by atomic mass is 16.1. The van der Waals surface area contributed by atoms with E-state index in [2.05, 4.69) is 5.10 Å². The number of nitrogens with two attached hydrogens (primary N) is 1. The number of anilines is 1. The van der Waals surface area contributed by atoms with Gasteiger partial charge in [-0.15, -0.1) is 0 Å². The molecule has 0 aliphatic rings. The fourth-order valence-electron chi connectivity index (χ4n) is 1.48. The molecule has 0 spiro atoms. The van der Waals surface area contributed by atoms with Gasteiger partial charge in [0.05, 0.1) is 11.8 Å². The summed E-state index contributed by atoms with van der Waals surface area (Å²) in [6.07, 6.45) is 1.50. The average molecular weight is 215 g/mol. The third kappa shape index (κ3) is 1.69. The van der Waals surface area contributed by atoms with Crippen molar-refractivity contribution in [1.82, 2.24) is 9.78 Å². The number of aromatic nitrogens is 2. The normalized spacial score (nSPS) is 10.4. The summed E-state index contributed by atoms with van der Waals surface area (Å²) in [7, 11) is 1.71. The van der Waals surface area contributed by atoms with Gasteiger partial charge in [0.2, 0.25) is 0 Å². The van der Waals surface area contributed by atoms with Gasteiger partial charge in [0, 0.05) is 12.6 Å². The first-order valence-electron chi connectivity index (χ1n) is 4.98. The standard InChI is InChI=1S/C12H13N3O/c1-8-3-5-9(6-4-8)11(16)10-7-14-15(2)12(10)13/h3-7H,13H2,1-2H3. The summed E-state index contributed by atoms with van der Waals surface area (Å²) < 4.78 is 1.49. The zero-order chi connectivity index (χ0) is 11.7. The van der Waals surface area contributed by atoms with Crippen LogP contribution in [-0.4, -0.2) is 15.6 Å². The zero-order valence-electron chi connectivity index (χ0n) is 9.27. The largest absolute Gasteiger partial charge is 0.383 e. The third-order valence-corrected chi connectivity index (χ3v) is 2.54. The molecule has 0 saturated carbocycles. The van der Waals surface area contributed by atoms with Crippen molar-refractivity contribution >= 4 is 11.6 Å². The van der Waals surface area contributed by atoms with Gasteiger partial charge in [0.25, 0.3) is 0 Å². The van der Waals surface area contributed by atoms with E-state index in [-0.39, 0.29) is 5.78 Å². The maximum absolute atomic E-state index is 12.1. The van der Waals surface area contributed by atoms with Gasteiger partial charge >= 0.3 is 0 Å². The molecule has 16 heavy (non-hydrogen) atoms. The van der Waals surface area contributed by atoms with E-state index >= 15 is 0 Å². The summed E-state index contributed by atoms with van der Waals surface area (Å²) >= 11 is 0. The van der Waals surface area contributed by atoms with Crippen molar-refractivity contribution in [3.05, 3.63) is 47.2 Å². The van der Waals surface area contributed by atoms with Gasteiger partial charge in [-0.25, -0.2) is 0 Å². The molecule has 0 fully saturated rings. The molecule has 0 unspecified atom stereocenters. The van der Waals surface area contributed by atoms with Crippen LogP contribution in [0.15, 0.2) is 30.5 Å². The van der Waals surface area contributed by atoms with Gasteiger partial charge in [-0.1, -0.05) is 29.8 Å². The fraction of sp³-hybridized carbons (Fsp3) is 0.167. The lowest BCUT2D eigenvalue weighted by molar-refractivity contribution is 0.103. The first kappa shape index (κ1) is 10.4. The third-order valence-electron chi connectivity index (χ3n) is 2.54. The van der Waals surface area contributed by atoms with Crippen molar-refractivity contribution in [1.29, 1.82) is 0 Å². The smallest absolute Gasteiger partial charge is 0.198 e. The zero-order valence-corrected chi connectivity index (χ0v) is 9.27. The summed E-state index contributed by atoms with van der Waals surface area (Å²) in [4.78, 5) is 12.1.